The molecule has 0 aromatic carbocycles. The number of aromatic nitrogens is 3. The Morgan fingerprint density at radius 3 is 2.83 bits per heavy atom. The van der Waals surface area contributed by atoms with Gasteiger partial charge in [0.25, 0.3) is 0 Å². The molecule has 2 rings (SSSR count). The summed E-state index contributed by atoms with van der Waals surface area (Å²) in [5.41, 5.74) is 0. The first-order valence-electron chi connectivity index (χ1n) is 6.34. The molecule has 0 aliphatic rings. The number of nitrogens with one attached hydrogen (secondary N) is 1. The van der Waals surface area contributed by atoms with Crippen molar-refractivity contribution in [1.82, 2.24) is 20.1 Å². The van der Waals surface area contributed by atoms with E-state index in [-0.39, 0.29) is 0 Å². The van der Waals surface area contributed by atoms with E-state index >= 15 is 0 Å². The molecule has 18 heavy (non-hydrogen) atoms. The highest BCUT2D eigenvalue weighted by Gasteiger charge is 2.12. The van der Waals surface area contributed by atoms with E-state index in [9.17, 15) is 0 Å². The average Bonchev–Trinajstić information content (AvgIpc) is 2.98. The molecule has 0 aliphatic heterocycles. The van der Waals surface area contributed by atoms with Crippen LogP contribution < -0.4 is 5.32 Å². The van der Waals surface area contributed by atoms with Gasteiger partial charge in [0.15, 0.2) is 0 Å². The van der Waals surface area contributed by atoms with Crippen molar-refractivity contribution in [3.05, 3.63) is 34.0 Å². The van der Waals surface area contributed by atoms with Crippen molar-refractivity contribution in [3.8, 4) is 0 Å². The Morgan fingerprint density at radius 2 is 2.28 bits per heavy atom. The Bertz CT molecular complexity index is 475. The second kappa shape index (κ2) is 6.11. The fourth-order valence-electron chi connectivity index (χ4n) is 1.94. The van der Waals surface area contributed by atoms with E-state index in [4.69, 9.17) is 0 Å². The van der Waals surface area contributed by atoms with Crippen molar-refractivity contribution >= 4 is 11.3 Å². The first kappa shape index (κ1) is 13.2. The third kappa shape index (κ3) is 2.97. The highest BCUT2D eigenvalue weighted by Crippen LogP contribution is 2.23. The van der Waals surface area contributed by atoms with Gasteiger partial charge in [0.2, 0.25) is 0 Å². The molecule has 1 N–H and O–H groups in total. The third-order valence-corrected chi connectivity index (χ3v) is 4.14. The molecule has 0 aliphatic carbocycles. The van der Waals surface area contributed by atoms with Crippen LogP contribution in [0.2, 0.25) is 0 Å². The molecule has 5 heteroatoms. The molecule has 0 saturated carbocycles. The zero-order chi connectivity index (χ0) is 13.0. The SMILES string of the molecule is CCCC(NCc1nnc(C)n1C)c1cccs1. The van der Waals surface area contributed by atoms with Gasteiger partial charge in [0.1, 0.15) is 11.6 Å². The number of nitrogens with zero attached hydrogens (tertiary/aromatic N) is 3. The number of aryl methyl sites for hydroxylation is 1. The molecule has 0 amide bonds. The van der Waals surface area contributed by atoms with Crippen LogP contribution in [0.25, 0.3) is 0 Å². The van der Waals surface area contributed by atoms with Gasteiger partial charge in [-0.25, -0.2) is 0 Å². The average molecular weight is 264 g/mol. The summed E-state index contributed by atoms with van der Waals surface area (Å²) in [5, 5.41) is 14.0. The summed E-state index contributed by atoms with van der Waals surface area (Å²) >= 11 is 1.81. The lowest BCUT2D eigenvalue weighted by Gasteiger charge is -2.16. The molecule has 0 saturated heterocycles. The Morgan fingerprint density at radius 1 is 1.44 bits per heavy atom. The number of rotatable bonds is 6. The standard InChI is InChI=1S/C13H20N4S/c1-4-6-11(12-7-5-8-18-12)14-9-13-16-15-10(2)17(13)3/h5,7-8,11,14H,4,6,9H2,1-3H3. The summed E-state index contributed by atoms with van der Waals surface area (Å²) in [6.07, 6.45) is 2.32. The van der Waals surface area contributed by atoms with Crippen molar-refractivity contribution in [3.63, 3.8) is 0 Å². The predicted octanol–water partition coefficient (Wildman–Crippen LogP) is 2.82. The fraction of sp³-hybridized carbons (Fsp3) is 0.538. The molecule has 1 unspecified atom stereocenters. The van der Waals surface area contributed by atoms with Crippen molar-refractivity contribution in [1.29, 1.82) is 0 Å². The lowest BCUT2D eigenvalue weighted by molar-refractivity contribution is 0.485. The van der Waals surface area contributed by atoms with E-state index in [1.165, 1.54) is 11.3 Å². The molecule has 1 atom stereocenters. The summed E-state index contributed by atoms with van der Waals surface area (Å²) in [6.45, 7) is 4.95. The van der Waals surface area contributed by atoms with Crippen molar-refractivity contribution in [2.75, 3.05) is 0 Å². The topological polar surface area (TPSA) is 42.7 Å². The Balaban J connectivity index is 2.00. The normalized spacial score (nSPS) is 12.8. The summed E-state index contributed by atoms with van der Waals surface area (Å²) in [5.74, 6) is 1.94. The molecule has 0 bridgehead atoms. The predicted molar refractivity (Wildman–Crippen MR) is 74.5 cm³/mol. The van der Waals surface area contributed by atoms with Gasteiger partial charge in [-0.2, -0.15) is 0 Å². The number of hydrogen-bond acceptors (Lipinski definition) is 4. The Kier molecular flexibility index (Phi) is 4.49. The van der Waals surface area contributed by atoms with Crippen LogP contribution in [0, 0.1) is 6.92 Å². The van der Waals surface area contributed by atoms with E-state index in [0.717, 1.165) is 24.6 Å². The molecular formula is C13H20N4S. The van der Waals surface area contributed by atoms with Gasteiger partial charge in [-0.15, -0.1) is 21.5 Å². The minimum Gasteiger partial charge on any atom is -0.317 e. The van der Waals surface area contributed by atoms with Gasteiger partial charge in [-0.3, -0.25) is 0 Å². The van der Waals surface area contributed by atoms with Crippen LogP contribution in [0.5, 0.6) is 0 Å². The minimum atomic E-state index is 0.423. The quantitative estimate of drug-likeness (QED) is 0.872. The van der Waals surface area contributed by atoms with Crippen LogP contribution in [0.4, 0.5) is 0 Å². The molecule has 0 radical (unpaired) electrons. The lowest BCUT2D eigenvalue weighted by atomic mass is 10.1. The van der Waals surface area contributed by atoms with Crippen LogP contribution >= 0.6 is 11.3 Å². The Hall–Kier alpha value is -1.20. The molecule has 0 fully saturated rings. The van der Waals surface area contributed by atoms with Crippen LogP contribution in [0.15, 0.2) is 17.5 Å². The second-order valence-electron chi connectivity index (χ2n) is 4.46. The fourth-order valence-corrected chi connectivity index (χ4v) is 2.78. The van der Waals surface area contributed by atoms with E-state index in [1.54, 1.807) is 0 Å². The van der Waals surface area contributed by atoms with Gasteiger partial charge in [0.05, 0.1) is 6.54 Å². The molecule has 2 heterocycles. The monoisotopic (exact) mass is 264 g/mol. The summed E-state index contributed by atoms with van der Waals surface area (Å²) in [4.78, 5) is 1.40. The molecule has 2 aromatic heterocycles. The van der Waals surface area contributed by atoms with Gasteiger partial charge < -0.3 is 9.88 Å². The molecule has 4 nitrogen and oxygen atoms in total. The maximum Gasteiger partial charge on any atom is 0.146 e. The van der Waals surface area contributed by atoms with E-state index in [0.29, 0.717) is 6.04 Å². The summed E-state index contributed by atoms with van der Waals surface area (Å²) in [7, 11) is 2.01. The van der Waals surface area contributed by atoms with Gasteiger partial charge in [-0.1, -0.05) is 19.4 Å². The van der Waals surface area contributed by atoms with Crippen molar-refractivity contribution < 1.29 is 0 Å². The second-order valence-corrected chi connectivity index (χ2v) is 5.44. The molecular weight excluding hydrogens is 244 g/mol. The summed E-state index contributed by atoms with van der Waals surface area (Å²) < 4.78 is 2.03. The lowest BCUT2D eigenvalue weighted by Crippen LogP contribution is -2.22. The van der Waals surface area contributed by atoms with E-state index in [2.05, 4.69) is 40.0 Å². The zero-order valence-electron chi connectivity index (χ0n) is 11.2. The van der Waals surface area contributed by atoms with E-state index < -0.39 is 0 Å². The zero-order valence-corrected chi connectivity index (χ0v) is 12.0. The Labute approximate surface area is 112 Å². The van der Waals surface area contributed by atoms with Crippen LogP contribution in [0.1, 0.15) is 42.3 Å². The highest BCUT2D eigenvalue weighted by atomic mass is 32.1. The molecule has 2 aromatic rings. The minimum absolute atomic E-state index is 0.423. The van der Waals surface area contributed by atoms with Crippen LogP contribution in [-0.2, 0) is 13.6 Å². The summed E-state index contributed by atoms with van der Waals surface area (Å²) in [6, 6.07) is 4.73. The molecule has 98 valence electrons. The van der Waals surface area contributed by atoms with Crippen molar-refractivity contribution in [2.45, 2.75) is 39.3 Å². The van der Waals surface area contributed by atoms with Gasteiger partial charge in [0, 0.05) is 18.0 Å². The smallest absolute Gasteiger partial charge is 0.146 e. The first-order chi connectivity index (χ1) is 8.72. The molecule has 0 spiro atoms. The van der Waals surface area contributed by atoms with Crippen LogP contribution in [-0.4, -0.2) is 14.8 Å². The van der Waals surface area contributed by atoms with Crippen LogP contribution in [0.3, 0.4) is 0 Å². The van der Waals surface area contributed by atoms with Gasteiger partial charge >= 0.3 is 0 Å². The number of thiophene rings is 1. The third-order valence-electron chi connectivity index (χ3n) is 3.15. The van der Waals surface area contributed by atoms with Gasteiger partial charge in [-0.05, 0) is 24.8 Å². The van der Waals surface area contributed by atoms with E-state index in [1.807, 2.05) is 29.9 Å². The number of hydrogen-bond donors (Lipinski definition) is 1. The maximum absolute atomic E-state index is 4.18. The highest BCUT2D eigenvalue weighted by molar-refractivity contribution is 7.10. The largest absolute Gasteiger partial charge is 0.317 e. The first-order valence-corrected chi connectivity index (χ1v) is 7.22. The van der Waals surface area contributed by atoms with Crippen molar-refractivity contribution in [2.24, 2.45) is 7.05 Å². The maximum atomic E-state index is 4.18.